The van der Waals surface area contributed by atoms with Crippen molar-refractivity contribution in [3.63, 3.8) is 0 Å². The summed E-state index contributed by atoms with van der Waals surface area (Å²) in [4.78, 5) is 11.6. The summed E-state index contributed by atoms with van der Waals surface area (Å²) in [5.74, 6) is -0.866. The van der Waals surface area contributed by atoms with Gasteiger partial charge in [-0.2, -0.15) is 0 Å². The minimum atomic E-state index is -0.866. The van der Waals surface area contributed by atoms with E-state index >= 15 is 0 Å². The highest BCUT2D eigenvalue weighted by molar-refractivity contribution is 6.15. The maximum absolute atomic E-state index is 11.6. The number of hydrogen-bond donors (Lipinski definition) is 1. The van der Waals surface area contributed by atoms with Gasteiger partial charge in [-0.15, -0.1) is 0 Å². The average Bonchev–Trinajstić information content (AvgIpc) is 2.63. The summed E-state index contributed by atoms with van der Waals surface area (Å²) < 4.78 is 0. The molecule has 0 saturated heterocycles. The van der Waals surface area contributed by atoms with E-state index in [-0.39, 0.29) is 10.8 Å². The Morgan fingerprint density at radius 2 is 1.59 bits per heavy atom. The molecule has 142 valence electrons. The van der Waals surface area contributed by atoms with E-state index in [9.17, 15) is 9.90 Å². The van der Waals surface area contributed by atoms with E-state index in [0.717, 1.165) is 18.4 Å². The van der Waals surface area contributed by atoms with Crippen LogP contribution in [0.2, 0.25) is 0 Å². The van der Waals surface area contributed by atoms with Gasteiger partial charge in [-0.1, -0.05) is 82.3 Å². The number of aliphatic carboxylic acids is 1. The van der Waals surface area contributed by atoms with Crippen LogP contribution in [0.3, 0.4) is 0 Å². The SMILES string of the molecule is CC1(C)CCC(C)(C)c2cc(CCC=C(C(=O)O)c3ccccc3)ccc21. The van der Waals surface area contributed by atoms with Crippen molar-refractivity contribution in [3.8, 4) is 0 Å². The lowest BCUT2D eigenvalue weighted by atomic mass is 9.63. The molecule has 0 amide bonds. The summed E-state index contributed by atoms with van der Waals surface area (Å²) in [6.45, 7) is 9.34. The predicted molar refractivity (Wildman–Crippen MR) is 112 cm³/mol. The molecule has 0 spiro atoms. The van der Waals surface area contributed by atoms with Crippen LogP contribution in [-0.2, 0) is 22.0 Å². The van der Waals surface area contributed by atoms with Crippen LogP contribution in [0.5, 0.6) is 0 Å². The van der Waals surface area contributed by atoms with Gasteiger partial charge in [0.25, 0.3) is 0 Å². The maximum atomic E-state index is 11.6. The maximum Gasteiger partial charge on any atom is 0.335 e. The summed E-state index contributed by atoms with van der Waals surface area (Å²) in [5.41, 5.74) is 5.79. The van der Waals surface area contributed by atoms with E-state index in [1.54, 1.807) is 0 Å². The number of rotatable bonds is 5. The zero-order valence-corrected chi connectivity index (χ0v) is 16.9. The first-order valence-electron chi connectivity index (χ1n) is 9.83. The second kappa shape index (κ2) is 7.34. The molecule has 1 aliphatic rings. The monoisotopic (exact) mass is 362 g/mol. The average molecular weight is 363 g/mol. The quantitative estimate of drug-likeness (QED) is 0.649. The standard InChI is InChI=1S/C25H30O2/c1-24(2)15-16-25(3,4)22-17-18(13-14-21(22)24)9-8-12-20(23(26)27)19-10-6-5-7-11-19/h5-7,10-14,17H,8-9,15-16H2,1-4H3,(H,26,27). The van der Waals surface area contributed by atoms with Crippen LogP contribution in [-0.4, -0.2) is 11.1 Å². The molecule has 0 aliphatic heterocycles. The molecule has 0 fully saturated rings. The summed E-state index contributed by atoms with van der Waals surface area (Å²) >= 11 is 0. The Morgan fingerprint density at radius 3 is 2.22 bits per heavy atom. The molecule has 2 aromatic carbocycles. The summed E-state index contributed by atoms with van der Waals surface area (Å²) in [7, 11) is 0. The lowest BCUT2D eigenvalue weighted by Gasteiger charge is -2.42. The van der Waals surface area contributed by atoms with Crippen LogP contribution < -0.4 is 0 Å². The molecule has 3 rings (SSSR count). The van der Waals surface area contributed by atoms with E-state index < -0.39 is 5.97 Å². The largest absolute Gasteiger partial charge is 0.478 e. The molecular formula is C25H30O2. The van der Waals surface area contributed by atoms with Crippen molar-refractivity contribution in [1.82, 2.24) is 0 Å². The van der Waals surface area contributed by atoms with Gasteiger partial charge in [0, 0.05) is 0 Å². The second-order valence-corrected chi connectivity index (χ2v) is 8.98. The lowest BCUT2D eigenvalue weighted by Crippen LogP contribution is -2.33. The van der Waals surface area contributed by atoms with Crippen LogP contribution in [0.15, 0.2) is 54.6 Å². The minimum Gasteiger partial charge on any atom is -0.478 e. The number of allylic oxidation sites excluding steroid dienone is 1. The van der Waals surface area contributed by atoms with Crippen molar-refractivity contribution in [2.45, 2.75) is 64.2 Å². The van der Waals surface area contributed by atoms with Gasteiger partial charge in [0.2, 0.25) is 0 Å². The third kappa shape index (κ3) is 4.16. The Balaban J connectivity index is 1.82. The van der Waals surface area contributed by atoms with Crippen molar-refractivity contribution in [2.75, 3.05) is 0 Å². The molecule has 2 aromatic rings. The van der Waals surface area contributed by atoms with Crippen molar-refractivity contribution in [3.05, 3.63) is 76.9 Å². The van der Waals surface area contributed by atoms with Crippen LogP contribution in [0.4, 0.5) is 0 Å². The van der Waals surface area contributed by atoms with Gasteiger partial charge >= 0.3 is 5.97 Å². The first kappa shape index (κ1) is 19.4. The first-order chi connectivity index (χ1) is 12.7. The molecule has 1 N–H and O–H groups in total. The van der Waals surface area contributed by atoms with Gasteiger partial charge < -0.3 is 5.11 Å². The Bertz CT molecular complexity index is 857. The molecule has 0 atom stereocenters. The molecule has 2 heteroatoms. The summed E-state index contributed by atoms with van der Waals surface area (Å²) in [6.07, 6.45) is 5.85. The highest BCUT2D eigenvalue weighted by atomic mass is 16.4. The molecule has 0 unspecified atom stereocenters. The number of carboxylic acid groups (broad SMARTS) is 1. The number of carbonyl (C=O) groups is 1. The van der Waals surface area contributed by atoms with Gasteiger partial charge in [-0.05, 0) is 58.8 Å². The van der Waals surface area contributed by atoms with Gasteiger partial charge in [0.1, 0.15) is 0 Å². The Labute approximate surface area is 162 Å². The third-order valence-electron chi connectivity index (χ3n) is 6.01. The fraction of sp³-hybridized carbons (Fsp3) is 0.400. The normalized spacial score (nSPS) is 18.0. The van der Waals surface area contributed by atoms with Gasteiger partial charge in [-0.3, -0.25) is 0 Å². The molecule has 2 nitrogen and oxygen atoms in total. The Kier molecular flexibility index (Phi) is 5.28. The van der Waals surface area contributed by atoms with Gasteiger partial charge in [0.15, 0.2) is 0 Å². The summed E-state index contributed by atoms with van der Waals surface area (Å²) in [5, 5.41) is 9.54. The number of carboxylic acids is 1. The van der Waals surface area contributed by atoms with Crippen molar-refractivity contribution >= 4 is 11.5 Å². The molecule has 27 heavy (non-hydrogen) atoms. The van der Waals surface area contributed by atoms with Crippen LogP contribution in [0.25, 0.3) is 5.57 Å². The van der Waals surface area contributed by atoms with Gasteiger partial charge in [0.05, 0.1) is 5.57 Å². The van der Waals surface area contributed by atoms with E-state index in [0.29, 0.717) is 5.57 Å². The third-order valence-corrected chi connectivity index (χ3v) is 6.01. The fourth-order valence-corrected chi connectivity index (χ4v) is 4.12. The Morgan fingerprint density at radius 1 is 0.963 bits per heavy atom. The number of aryl methyl sites for hydroxylation is 1. The number of hydrogen-bond acceptors (Lipinski definition) is 1. The molecule has 0 saturated carbocycles. The van der Waals surface area contributed by atoms with Crippen LogP contribution in [0, 0.1) is 0 Å². The highest BCUT2D eigenvalue weighted by Gasteiger charge is 2.36. The van der Waals surface area contributed by atoms with Crippen molar-refractivity contribution in [1.29, 1.82) is 0 Å². The minimum absolute atomic E-state index is 0.201. The lowest BCUT2D eigenvalue weighted by molar-refractivity contribution is -0.130. The summed E-state index contributed by atoms with van der Waals surface area (Å²) in [6, 6.07) is 16.2. The molecular weight excluding hydrogens is 332 g/mol. The van der Waals surface area contributed by atoms with E-state index in [1.807, 2.05) is 36.4 Å². The van der Waals surface area contributed by atoms with E-state index in [4.69, 9.17) is 0 Å². The van der Waals surface area contributed by atoms with Crippen molar-refractivity contribution < 1.29 is 9.90 Å². The molecule has 0 heterocycles. The molecule has 0 bridgehead atoms. The highest BCUT2D eigenvalue weighted by Crippen LogP contribution is 2.45. The number of benzene rings is 2. The fourth-order valence-electron chi connectivity index (χ4n) is 4.12. The van der Waals surface area contributed by atoms with Crippen LogP contribution >= 0.6 is 0 Å². The number of fused-ring (bicyclic) bond motifs is 1. The smallest absolute Gasteiger partial charge is 0.335 e. The van der Waals surface area contributed by atoms with Crippen LogP contribution in [0.1, 0.15) is 69.2 Å². The van der Waals surface area contributed by atoms with Gasteiger partial charge in [-0.25, -0.2) is 4.79 Å². The first-order valence-corrected chi connectivity index (χ1v) is 9.83. The Hall–Kier alpha value is -2.35. The molecule has 1 aliphatic carbocycles. The topological polar surface area (TPSA) is 37.3 Å². The second-order valence-electron chi connectivity index (χ2n) is 8.98. The van der Waals surface area contributed by atoms with E-state index in [2.05, 4.69) is 45.9 Å². The predicted octanol–water partition coefficient (Wildman–Crippen LogP) is 6.14. The molecule has 0 aromatic heterocycles. The molecule has 0 radical (unpaired) electrons. The van der Waals surface area contributed by atoms with Crippen molar-refractivity contribution in [2.24, 2.45) is 0 Å². The van der Waals surface area contributed by atoms with E-state index in [1.165, 1.54) is 29.5 Å². The zero-order chi connectivity index (χ0) is 19.7. The zero-order valence-electron chi connectivity index (χ0n) is 16.9.